The molecule has 6 nitrogen and oxygen atoms in total. The highest BCUT2D eigenvalue weighted by Crippen LogP contribution is 2.35. The molecule has 0 amide bonds. The lowest BCUT2D eigenvalue weighted by Gasteiger charge is -2.38. The van der Waals surface area contributed by atoms with Gasteiger partial charge in [-0.3, -0.25) is 9.80 Å². The Hall–Kier alpha value is -0.950. The molecule has 3 saturated heterocycles. The van der Waals surface area contributed by atoms with Crippen LogP contribution in [0.3, 0.4) is 0 Å². The van der Waals surface area contributed by atoms with Crippen LogP contribution in [-0.2, 0) is 18.3 Å². The number of aromatic nitrogens is 2. The largest absolute Gasteiger partial charge is 0.376 e. The Labute approximate surface area is 145 Å². The van der Waals surface area contributed by atoms with E-state index in [4.69, 9.17) is 4.74 Å². The highest BCUT2D eigenvalue weighted by atomic mass is 16.5. The van der Waals surface area contributed by atoms with Gasteiger partial charge in [-0.1, -0.05) is 0 Å². The number of piperidine rings is 1. The summed E-state index contributed by atoms with van der Waals surface area (Å²) in [5.74, 6) is 2.63. The molecule has 1 aromatic rings. The topological polar surface area (TPSA) is 36.8 Å². The fourth-order valence-corrected chi connectivity index (χ4v) is 4.47. The first-order valence-corrected chi connectivity index (χ1v) is 9.40. The molecule has 0 radical (unpaired) electrons. The van der Waals surface area contributed by atoms with Crippen molar-refractivity contribution in [1.82, 2.24) is 24.3 Å². The number of nitrogens with zero attached hydrogens (tertiary/aromatic N) is 5. The Morgan fingerprint density at radius 3 is 2.71 bits per heavy atom. The minimum absolute atomic E-state index is 0.419. The zero-order valence-corrected chi connectivity index (χ0v) is 15.1. The molecule has 0 unspecified atom stereocenters. The molecule has 0 bridgehead atoms. The zero-order chi connectivity index (χ0) is 16.5. The average Bonchev–Trinajstić information content (AvgIpc) is 3.17. The monoisotopic (exact) mass is 333 g/mol. The Morgan fingerprint density at radius 2 is 1.96 bits per heavy atom. The molecule has 3 aliphatic heterocycles. The molecule has 3 aliphatic rings. The van der Waals surface area contributed by atoms with Crippen LogP contribution in [0.1, 0.15) is 12.2 Å². The predicted octanol–water partition coefficient (Wildman–Crippen LogP) is 0.504. The molecule has 3 atom stereocenters. The van der Waals surface area contributed by atoms with Gasteiger partial charge < -0.3 is 14.2 Å². The molecule has 0 saturated carbocycles. The van der Waals surface area contributed by atoms with E-state index in [1.165, 1.54) is 45.0 Å². The van der Waals surface area contributed by atoms with Crippen LogP contribution < -0.4 is 0 Å². The Bertz CT molecular complexity index is 539. The van der Waals surface area contributed by atoms with Crippen LogP contribution in [0.4, 0.5) is 0 Å². The van der Waals surface area contributed by atoms with Gasteiger partial charge in [0, 0.05) is 64.6 Å². The molecule has 6 heteroatoms. The first kappa shape index (κ1) is 16.5. The summed E-state index contributed by atoms with van der Waals surface area (Å²) in [6.07, 6.45) is 5.63. The summed E-state index contributed by atoms with van der Waals surface area (Å²) in [7, 11) is 4.31. The summed E-state index contributed by atoms with van der Waals surface area (Å²) in [4.78, 5) is 12.1. The van der Waals surface area contributed by atoms with Gasteiger partial charge in [0.15, 0.2) is 0 Å². The van der Waals surface area contributed by atoms with E-state index >= 15 is 0 Å². The van der Waals surface area contributed by atoms with E-state index in [1.54, 1.807) is 0 Å². The quantitative estimate of drug-likeness (QED) is 0.802. The van der Waals surface area contributed by atoms with Gasteiger partial charge in [0.1, 0.15) is 5.82 Å². The lowest BCUT2D eigenvalue weighted by molar-refractivity contribution is 0.0293. The van der Waals surface area contributed by atoms with Gasteiger partial charge in [-0.25, -0.2) is 4.98 Å². The van der Waals surface area contributed by atoms with Crippen LogP contribution in [0, 0.1) is 11.8 Å². The number of piperazine rings is 1. The van der Waals surface area contributed by atoms with Gasteiger partial charge in [-0.2, -0.15) is 0 Å². The molecule has 3 fully saturated rings. The van der Waals surface area contributed by atoms with Crippen molar-refractivity contribution in [3.8, 4) is 0 Å². The van der Waals surface area contributed by atoms with Gasteiger partial charge in [0.2, 0.25) is 0 Å². The number of likely N-dealkylation sites (N-methyl/N-ethyl adjacent to an activating group) is 1. The lowest BCUT2D eigenvalue weighted by atomic mass is 9.84. The van der Waals surface area contributed by atoms with Crippen molar-refractivity contribution >= 4 is 0 Å². The first-order chi connectivity index (χ1) is 11.7. The highest BCUT2D eigenvalue weighted by Gasteiger charge is 2.41. The number of fused-ring (bicyclic) bond motifs is 1. The minimum Gasteiger partial charge on any atom is -0.376 e. The highest BCUT2D eigenvalue weighted by molar-refractivity contribution is 4.96. The predicted molar refractivity (Wildman–Crippen MR) is 93.8 cm³/mol. The molecule has 4 heterocycles. The number of likely N-dealkylation sites (tertiary alicyclic amines) is 1. The third-order valence-electron chi connectivity index (χ3n) is 6.21. The van der Waals surface area contributed by atoms with E-state index < -0.39 is 0 Å². The van der Waals surface area contributed by atoms with Gasteiger partial charge in [-0.15, -0.1) is 0 Å². The van der Waals surface area contributed by atoms with Crippen LogP contribution in [-0.4, -0.2) is 89.8 Å². The number of ether oxygens (including phenoxy) is 1. The molecule has 1 aromatic heterocycles. The summed E-state index contributed by atoms with van der Waals surface area (Å²) in [5.41, 5.74) is 0. The Balaban J connectivity index is 1.34. The molecule has 0 aliphatic carbocycles. The van der Waals surface area contributed by atoms with E-state index in [1.807, 2.05) is 12.4 Å². The normalized spacial score (nSPS) is 33.0. The zero-order valence-electron chi connectivity index (χ0n) is 15.1. The molecule has 4 rings (SSSR count). The van der Waals surface area contributed by atoms with Gasteiger partial charge in [0.05, 0.1) is 19.3 Å². The molecule has 0 aromatic carbocycles. The van der Waals surface area contributed by atoms with Crippen molar-refractivity contribution in [2.24, 2.45) is 18.9 Å². The van der Waals surface area contributed by atoms with Crippen LogP contribution >= 0.6 is 0 Å². The number of rotatable bonds is 4. The Morgan fingerprint density at radius 1 is 1.12 bits per heavy atom. The average molecular weight is 333 g/mol. The smallest absolute Gasteiger partial charge is 0.122 e. The van der Waals surface area contributed by atoms with Gasteiger partial charge in [0.25, 0.3) is 0 Å². The lowest BCUT2D eigenvalue weighted by Crippen LogP contribution is -2.50. The molecule has 0 N–H and O–H groups in total. The summed E-state index contributed by atoms with van der Waals surface area (Å²) in [6.45, 7) is 10.1. The van der Waals surface area contributed by atoms with E-state index in [-0.39, 0.29) is 0 Å². The fourth-order valence-electron chi connectivity index (χ4n) is 4.47. The standard InChI is InChI=1S/C18H31N5O/c1-20-7-9-22(10-8-20)12-17-16-11-23(5-3-15(16)14-24-17)13-18-19-4-6-21(18)2/h4,6,15-17H,3,5,7-14H2,1-2H3/t15-,16-,17+/m1/s1. The maximum absolute atomic E-state index is 6.23. The van der Waals surface area contributed by atoms with Crippen molar-refractivity contribution in [3.05, 3.63) is 18.2 Å². The van der Waals surface area contributed by atoms with Crippen LogP contribution in [0.15, 0.2) is 12.4 Å². The number of hydrogen-bond donors (Lipinski definition) is 0. The molecular weight excluding hydrogens is 302 g/mol. The van der Waals surface area contributed by atoms with E-state index in [0.29, 0.717) is 12.0 Å². The third kappa shape index (κ3) is 3.52. The van der Waals surface area contributed by atoms with E-state index in [9.17, 15) is 0 Å². The van der Waals surface area contributed by atoms with E-state index in [2.05, 4.69) is 38.3 Å². The molecule has 24 heavy (non-hydrogen) atoms. The van der Waals surface area contributed by atoms with Gasteiger partial charge in [-0.05, 0) is 25.9 Å². The van der Waals surface area contributed by atoms with Crippen molar-refractivity contribution in [2.45, 2.75) is 19.1 Å². The molecule has 0 spiro atoms. The second kappa shape index (κ2) is 7.12. The van der Waals surface area contributed by atoms with Crippen molar-refractivity contribution in [3.63, 3.8) is 0 Å². The SMILES string of the molecule is CN1CCN(C[C@@H]2OC[C@H]3CCN(Cc4nccn4C)C[C@H]32)CC1. The number of aryl methyl sites for hydroxylation is 1. The Kier molecular flexibility index (Phi) is 4.90. The second-order valence-corrected chi connectivity index (χ2v) is 7.88. The van der Waals surface area contributed by atoms with Crippen molar-refractivity contribution in [1.29, 1.82) is 0 Å². The first-order valence-electron chi connectivity index (χ1n) is 9.40. The maximum Gasteiger partial charge on any atom is 0.122 e. The van der Waals surface area contributed by atoms with Crippen molar-refractivity contribution in [2.75, 3.05) is 59.5 Å². The van der Waals surface area contributed by atoms with Gasteiger partial charge >= 0.3 is 0 Å². The van der Waals surface area contributed by atoms with Crippen LogP contribution in [0.2, 0.25) is 0 Å². The van der Waals surface area contributed by atoms with Crippen LogP contribution in [0.5, 0.6) is 0 Å². The molecule has 134 valence electrons. The summed E-state index contributed by atoms with van der Waals surface area (Å²) >= 11 is 0. The minimum atomic E-state index is 0.419. The maximum atomic E-state index is 6.23. The summed E-state index contributed by atoms with van der Waals surface area (Å²) < 4.78 is 8.37. The summed E-state index contributed by atoms with van der Waals surface area (Å²) in [5, 5.41) is 0. The number of hydrogen-bond acceptors (Lipinski definition) is 5. The molecular formula is C18H31N5O. The summed E-state index contributed by atoms with van der Waals surface area (Å²) in [6, 6.07) is 0. The second-order valence-electron chi connectivity index (χ2n) is 7.88. The van der Waals surface area contributed by atoms with Crippen molar-refractivity contribution < 1.29 is 4.74 Å². The van der Waals surface area contributed by atoms with E-state index in [0.717, 1.165) is 32.2 Å². The number of imidazole rings is 1. The van der Waals surface area contributed by atoms with Crippen LogP contribution in [0.25, 0.3) is 0 Å². The fraction of sp³-hybridized carbons (Fsp3) is 0.833. The third-order valence-corrected chi connectivity index (χ3v) is 6.21.